The van der Waals surface area contributed by atoms with Crippen LogP contribution in [0, 0.1) is 0 Å². The van der Waals surface area contributed by atoms with E-state index >= 15 is 0 Å². The molecule has 1 heterocycles. The minimum Gasteiger partial charge on any atom is -0.494 e. The van der Waals surface area contributed by atoms with Crippen LogP contribution < -0.4 is 19.5 Å². The van der Waals surface area contributed by atoms with Gasteiger partial charge in [-0.15, -0.1) is 0 Å². The van der Waals surface area contributed by atoms with Crippen molar-refractivity contribution in [2.45, 2.75) is 26.8 Å². The summed E-state index contributed by atoms with van der Waals surface area (Å²) in [7, 11) is 3.07. The van der Waals surface area contributed by atoms with Gasteiger partial charge in [-0.1, -0.05) is 12.1 Å². The average Bonchev–Trinajstić information content (AvgIpc) is 2.97. The molecule has 1 N–H and O–H groups in total. The smallest absolute Gasteiger partial charge is 0.278 e. The van der Waals surface area contributed by atoms with Crippen molar-refractivity contribution in [2.75, 3.05) is 26.1 Å². The summed E-state index contributed by atoms with van der Waals surface area (Å²) in [4.78, 5) is 27.6. The van der Waals surface area contributed by atoms with Crippen LogP contribution in [0.1, 0.15) is 26.3 Å². The van der Waals surface area contributed by atoms with Gasteiger partial charge in [0.1, 0.15) is 11.4 Å². The van der Waals surface area contributed by atoms with Gasteiger partial charge in [-0.25, -0.2) is 0 Å². The normalized spacial score (nSPS) is 13.9. The van der Waals surface area contributed by atoms with Gasteiger partial charge in [0.05, 0.1) is 26.4 Å². The van der Waals surface area contributed by atoms with Gasteiger partial charge in [0.15, 0.2) is 11.5 Å². The first-order valence-corrected chi connectivity index (χ1v) is 9.75. The number of nitrogens with zero attached hydrogens (tertiary/aromatic N) is 1. The average molecular weight is 410 g/mol. The fourth-order valence-corrected chi connectivity index (χ4v) is 3.37. The summed E-state index contributed by atoms with van der Waals surface area (Å²) < 4.78 is 16.2. The second-order valence-corrected chi connectivity index (χ2v) is 6.98. The summed E-state index contributed by atoms with van der Waals surface area (Å²) in [6, 6.07) is 12.1. The fourth-order valence-electron chi connectivity index (χ4n) is 3.37. The van der Waals surface area contributed by atoms with E-state index in [0.717, 1.165) is 0 Å². The standard InChI is InChI=1S/C23H26N2O5/c1-6-30-17-9-7-8-16(13-17)24-21-20(22(26)25(14(2)3)23(21)27)15-10-11-18(28-4)19(12-15)29-5/h7-14,24H,6H2,1-5H3. The lowest BCUT2D eigenvalue weighted by molar-refractivity contribution is -0.138. The van der Waals surface area contributed by atoms with Crippen LogP contribution >= 0.6 is 0 Å². The highest BCUT2D eigenvalue weighted by Gasteiger charge is 2.40. The third-order valence-electron chi connectivity index (χ3n) is 4.72. The number of carbonyl (C=O) groups is 2. The van der Waals surface area contributed by atoms with Gasteiger partial charge >= 0.3 is 0 Å². The molecule has 1 aliphatic rings. The van der Waals surface area contributed by atoms with Crippen molar-refractivity contribution in [1.82, 2.24) is 4.90 Å². The Kier molecular flexibility index (Phi) is 6.30. The minimum absolute atomic E-state index is 0.217. The second kappa shape index (κ2) is 8.90. The molecule has 2 amide bonds. The third kappa shape index (κ3) is 3.96. The van der Waals surface area contributed by atoms with Crippen LogP contribution in [0.5, 0.6) is 17.2 Å². The number of anilines is 1. The molecule has 0 unspecified atom stereocenters. The molecule has 0 saturated heterocycles. The quantitative estimate of drug-likeness (QED) is 0.669. The van der Waals surface area contributed by atoms with Crippen molar-refractivity contribution in [2.24, 2.45) is 0 Å². The van der Waals surface area contributed by atoms with Gasteiger partial charge in [0.2, 0.25) is 0 Å². The molecule has 0 spiro atoms. The Balaban J connectivity index is 2.10. The Morgan fingerprint density at radius 3 is 2.33 bits per heavy atom. The van der Waals surface area contributed by atoms with Crippen molar-refractivity contribution < 1.29 is 23.8 Å². The van der Waals surface area contributed by atoms with E-state index in [0.29, 0.717) is 35.1 Å². The highest BCUT2D eigenvalue weighted by Crippen LogP contribution is 2.36. The van der Waals surface area contributed by atoms with Crippen LogP contribution in [0.4, 0.5) is 5.69 Å². The van der Waals surface area contributed by atoms with Crippen molar-refractivity contribution in [3.63, 3.8) is 0 Å². The number of imide groups is 1. The summed E-state index contributed by atoms with van der Waals surface area (Å²) >= 11 is 0. The largest absolute Gasteiger partial charge is 0.494 e. The number of hydrogen-bond acceptors (Lipinski definition) is 6. The molecule has 0 atom stereocenters. The second-order valence-electron chi connectivity index (χ2n) is 6.98. The van der Waals surface area contributed by atoms with E-state index in [1.165, 1.54) is 12.0 Å². The highest BCUT2D eigenvalue weighted by molar-refractivity contribution is 6.36. The van der Waals surface area contributed by atoms with E-state index < -0.39 is 0 Å². The zero-order valence-corrected chi connectivity index (χ0v) is 17.8. The molecule has 0 saturated carbocycles. The van der Waals surface area contributed by atoms with Crippen LogP contribution in [0.25, 0.3) is 5.57 Å². The fraction of sp³-hybridized carbons (Fsp3) is 0.304. The number of benzene rings is 2. The number of ether oxygens (including phenoxy) is 3. The lowest BCUT2D eigenvalue weighted by Gasteiger charge is -2.19. The van der Waals surface area contributed by atoms with Gasteiger partial charge in [-0.2, -0.15) is 0 Å². The molecule has 7 nitrogen and oxygen atoms in total. The van der Waals surface area contributed by atoms with Gasteiger partial charge < -0.3 is 19.5 Å². The molecule has 0 bridgehead atoms. The maximum atomic E-state index is 13.2. The zero-order valence-electron chi connectivity index (χ0n) is 17.8. The van der Waals surface area contributed by atoms with Gasteiger partial charge in [0.25, 0.3) is 11.8 Å². The molecule has 0 radical (unpaired) electrons. The number of carbonyl (C=O) groups excluding carboxylic acids is 2. The number of rotatable bonds is 8. The predicted molar refractivity (Wildman–Crippen MR) is 115 cm³/mol. The van der Waals surface area contributed by atoms with Crippen molar-refractivity contribution >= 4 is 23.1 Å². The maximum Gasteiger partial charge on any atom is 0.278 e. The van der Waals surface area contributed by atoms with Crippen LogP contribution in [0.15, 0.2) is 48.2 Å². The number of amides is 2. The molecule has 2 aromatic carbocycles. The Morgan fingerprint density at radius 1 is 0.967 bits per heavy atom. The highest BCUT2D eigenvalue weighted by atomic mass is 16.5. The summed E-state index contributed by atoms with van der Waals surface area (Å²) in [5.74, 6) is 0.960. The molecule has 1 aliphatic heterocycles. The molecular formula is C23H26N2O5. The van der Waals surface area contributed by atoms with E-state index in [-0.39, 0.29) is 29.1 Å². The number of hydrogen-bond donors (Lipinski definition) is 1. The van der Waals surface area contributed by atoms with Crippen molar-refractivity contribution in [1.29, 1.82) is 0 Å². The summed E-state index contributed by atoms with van der Waals surface area (Å²) in [6.45, 7) is 6.04. The van der Waals surface area contributed by atoms with Gasteiger partial charge in [-0.3, -0.25) is 14.5 Å². The Bertz CT molecular complexity index is 997. The van der Waals surface area contributed by atoms with Crippen LogP contribution in [-0.2, 0) is 9.59 Å². The van der Waals surface area contributed by atoms with Gasteiger partial charge in [0, 0.05) is 17.8 Å². The molecule has 0 aliphatic carbocycles. The van der Waals surface area contributed by atoms with E-state index in [1.54, 1.807) is 45.2 Å². The summed E-state index contributed by atoms with van der Waals surface area (Å²) in [5, 5.41) is 3.13. The van der Waals surface area contributed by atoms with Crippen LogP contribution in [-0.4, -0.2) is 43.6 Å². The zero-order chi connectivity index (χ0) is 21.8. The first-order valence-electron chi connectivity index (χ1n) is 9.75. The minimum atomic E-state index is -0.374. The van der Waals surface area contributed by atoms with Crippen molar-refractivity contribution in [3.8, 4) is 17.2 Å². The first-order chi connectivity index (χ1) is 14.4. The molecule has 2 aromatic rings. The number of methoxy groups -OCH3 is 2. The van der Waals surface area contributed by atoms with E-state index in [4.69, 9.17) is 14.2 Å². The molecule has 158 valence electrons. The molecule has 30 heavy (non-hydrogen) atoms. The van der Waals surface area contributed by atoms with Crippen molar-refractivity contribution in [3.05, 3.63) is 53.7 Å². The molecule has 3 rings (SSSR count). The third-order valence-corrected chi connectivity index (χ3v) is 4.72. The molecule has 0 aromatic heterocycles. The topological polar surface area (TPSA) is 77.1 Å². The monoisotopic (exact) mass is 410 g/mol. The molecule has 7 heteroatoms. The number of nitrogens with one attached hydrogen (secondary N) is 1. The Morgan fingerprint density at radius 2 is 1.70 bits per heavy atom. The molecular weight excluding hydrogens is 384 g/mol. The predicted octanol–water partition coefficient (Wildman–Crippen LogP) is 3.70. The molecule has 0 fully saturated rings. The van der Waals surface area contributed by atoms with E-state index in [9.17, 15) is 9.59 Å². The van der Waals surface area contributed by atoms with Gasteiger partial charge in [-0.05, 0) is 50.6 Å². The van der Waals surface area contributed by atoms with E-state index in [1.807, 2.05) is 25.1 Å². The maximum absolute atomic E-state index is 13.2. The Hall–Kier alpha value is -3.48. The lowest BCUT2D eigenvalue weighted by Crippen LogP contribution is -2.38. The lowest BCUT2D eigenvalue weighted by atomic mass is 10.0. The first kappa shape index (κ1) is 21.2. The van der Waals surface area contributed by atoms with Crippen LogP contribution in [0.3, 0.4) is 0 Å². The van der Waals surface area contributed by atoms with Crippen LogP contribution in [0.2, 0.25) is 0 Å². The SMILES string of the molecule is CCOc1cccc(NC2=C(c3ccc(OC)c(OC)c3)C(=O)N(C(C)C)C2=O)c1. The Labute approximate surface area is 176 Å². The van der Waals surface area contributed by atoms with E-state index in [2.05, 4.69) is 5.32 Å². The summed E-state index contributed by atoms with van der Waals surface area (Å²) in [6.07, 6.45) is 0. The summed E-state index contributed by atoms with van der Waals surface area (Å²) in [5.41, 5.74) is 1.73.